The van der Waals surface area contributed by atoms with Crippen LogP contribution in [0.2, 0.25) is 0 Å². The van der Waals surface area contributed by atoms with E-state index >= 15 is 0 Å². The molecule has 0 bridgehead atoms. The molecule has 0 N–H and O–H groups in total. The molecule has 0 aliphatic carbocycles. The van der Waals surface area contributed by atoms with Crippen LogP contribution in [0.5, 0.6) is 0 Å². The third-order valence-corrected chi connectivity index (χ3v) is 2.30. The van der Waals surface area contributed by atoms with Crippen molar-refractivity contribution in [2.45, 2.75) is 51.2 Å². The van der Waals surface area contributed by atoms with Crippen LogP contribution in [0.1, 0.15) is 39.0 Å². The summed E-state index contributed by atoms with van der Waals surface area (Å²) in [7, 11) is 0. The fourth-order valence-electron chi connectivity index (χ4n) is 1.51. The zero-order valence-electron chi connectivity index (χ0n) is 8.20. The van der Waals surface area contributed by atoms with E-state index < -0.39 is 0 Å². The van der Waals surface area contributed by atoms with Crippen LogP contribution in [-0.2, 0) is 4.74 Å². The fraction of sp³-hybridized carbons (Fsp3) is 0.727. The maximum absolute atomic E-state index is 8.75. The molecule has 0 amide bonds. The first-order valence-electron chi connectivity index (χ1n) is 5.07. The molecule has 0 saturated carbocycles. The Bertz CT molecular complexity index is 205. The number of ether oxygens (including phenoxy) is 1. The summed E-state index contributed by atoms with van der Waals surface area (Å²) in [5, 5.41) is 8.75. The van der Waals surface area contributed by atoms with Gasteiger partial charge in [0.15, 0.2) is 0 Å². The van der Waals surface area contributed by atoms with Gasteiger partial charge in [-0.25, -0.2) is 0 Å². The quantitative estimate of drug-likeness (QED) is 0.624. The average molecular weight is 179 g/mol. The molecule has 0 aromatic heterocycles. The summed E-state index contributed by atoms with van der Waals surface area (Å²) in [5.41, 5.74) is 0. The number of nitriles is 1. The van der Waals surface area contributed by atoms with Gasteiger partial charge in [0.25, 0.3) is 0 Å². The number of rotatable bonds is 3. The Hall–Kier alpha value is -0.810. The van der Waals surface area contributed by atoms with Gasteiger partial charge in [0.1, 0.15) is 6.10 Å². The summed E-state index contributed by atoms with van der Waals surface area (Å²) in [4.78, 5) is 0. The lowest BCUT2D eigenvalue weighted by Crippen LogP contribution is -2.18. The van der Waals surface area contributed by atoms with Crippen LogP contribution < -0.4 is 0 Å². The largest absolute Gasteiger partial charge is 0.359 e. The Labute approximate surface area is 80.2 Å². The highest BCUT2D eigenvalue weighted by molar-refractivity contribution is 4.97. The van der Waals surface area contributed by atoms with Gasteiger partial charge in [0.2, 0.25) is 0 Å². The fourth-order valence-corrected chi connectivity index (χ4v) is 1.51. The van der Waals surface area contributed by atoms with E-state index in [2.05, 4.69) is 25.1 Å². The second kappa shape index (κ2) is 5.77. The topological polar surface area (TPSA) is 33.0 Å². The highest BCUT2D eigenvalue weighted by Gasteiger charge is 2.16. The lowest BCUT2D eigenvalue weighted by Gasteiger charge is -2.16. The van der Waals surface area contributed by atoms with Crippen molar-refractivity contribution in [1.82, 2.24) is 0 Å². The first-order valence-corrected chi connectivity index (χ1v) is 5.07. The van der Waals surface area contributed by atoms with E-state index in [1.54, 1.807) is 0 Å². The summed E-state index contributed by atoms with van der Waals surface area (Å²) >= 11 is 0. The molecule has 0 aromatic carbocycles. The van der Waals surface area contributed by atoms with Crippen LogP contribution in [0.3, 0.4) is 0 Å². The Morgan fingerprint density at radius 1 is 1.46 bits per heavy atom. The minimum Gasteiger partial charge on any atom is -0.359 e. The maximum atomic E-state index is 8.75. The van der Waals surface area contributed by atoms with Gasteiger partial charge in [0.05, 0.1) is 12.2 Å². The zero-order chi connectivity index (χ0) is 9.52. The number of nitrogens with zero attached hydrogens (tertiary/aromatic N) is 1. The van der Waals surface area contributed by atoms with Gasteiger partial charge >= 0.3 is 0 Å². The summed E-state index contributed by atoms with van der Waals surface area (Å²) in [6, 6.07) is 2.18. The molecule has 2 nitrogen and oxygen atoms in total. The van der Waals surface area contributed by atoms with Crippen LogP contribution in [0.25, 0.3) is 0 Å². The Morgan fingerprint density at radius 3 is 2.92 bits per heavy atom. The van der Waals surface area contributed by atoms with E-state index in [1.807, 2.05) is 0 Å². The molecular formula is C11H17NO. The molecule has 0 fully saturated rings. The van der Waals surface area contributed by atoms with Crippen molar-refractivity contribution in [2.75, 3.05) is 0 Å². The second-order valence-electron chi connectivity index (χ2n) is 3.46. The third kappa shape index (κ3) is 3.61. The minimum atomic E-state index is -0.222. The van der Waals surface area contributed by atoms with Gasteiger partial charge < -0.3 is 4.74 Å². The van der Waals surface area contributed by atoms with Crippen molar-refractivity contribution in [3.8, 4) is 6.07 Å². The third-order valence-electron chi connectivity index (χ3n) is 2.30. The standard InChI is InChI=1S/C11H17NO/c1-2-3-6-10-7-4-5-8-11(9-12)13-10/h4-5,10-11H,2-3,6-8H2,1H3. The molecule has 13 heavy (non-hydrogen) atoms. The van der Waals surface area contributed by atoms with Gasteiger partial charge in [-0.3, -0.25) is 0 Å². The van der Waals surface area contributed by atoms with Gasteiger partial charge in [-0.1, -0.05) is 31.9 Å². The average Bonchev–Trinajstić information content (AvgIpc) is 2.39. The molecular weight excluding hydrogens is 162 g/mol. The zero-order valence-corrected chi connectivity index (χ0v) is 8.20. The molecule has 0 spiro atoms. The van der Waals surface area contributed by atoms with Crippen molar-refractivity contribution in [1.29, 1.82) is 5.26 Å². The summed E-state index contributed by atoms with van der Waals surface area (Å²) < 4.78 is 5.64. The van der Waals surface area contributed by atoms with Crippen molar-refractivity contribution in [3.63, 3.8) is 0 Å². The normalized spacial score (nSPS) is 28.0. The van der Waals surface area contributed by atoms with Crippen molar-refractivity contribution in [2.24, 2.45) is 0 Å². The van der Waals surface area contributed by atoms with E-state index in [0.29, 0.717) is 0 Å². The molecule has 0 saturated heterocycles. The van der Waals surface area contributed by atoms with Gasteiger partial charge in [-0.2, -0.15) is 5.26 Å². The molecule has 1 aliphatic heterocycles. The summed E-state index contributed by atoms with van der Waals surface area (Å²) in [6.07, 6.45) is 9.43. The van der Waals surface area contributed by atoms with Crippen LogP contribution in [0.15, 0.2) is 12.2 Å². The van der Waals surface area contributed by atoms with E-state index in [0.717, 1.165) is 19.3 Å². The van der Waals surface area contributed by atoms with Crippen molar-refractivity contribution >= 4 is 0 Å². The minimum absolute atomic E-state index is 0.222. The van der Waals surface area contributed by atoms with E-state index in [4.69, 9.17) is 10.00 Å². The molecule has 1 rings (SSSR count). The highest BCUT2D eigenvalue weighted by atomic mass is 16.5. The number of hydrogen-bond acceptors (Lipinski definition) is 2. The first-order chi connectivity index (χ1) is 6.36. The molecule has 1 aliphatic rings. The van der Waals surface area contributed by atoms with Gasteiger partial charge in [0, 0.05) is 6.42 Å². The lowest BCUT2D eigenvalue weighted by molar-refractivity contribution is 0.0185. The van der Waals surface area contributed by atoms with Crippen LogP contribution in [-0.4, -0.2) is 12.2 Å². The van der Waals surface area contributed by atoms with E-state index in [-0.39, 0.29) is 12.2 Å². The lowest BCUT2D eigenvalue weighted by atomic mass is 10.1. The van der Waals surface area contributed by atoms with Crippen LogP contribution in [0, 0.1) is 11.3 Å². The maximum Gasteiger partial charge on any atom is 0.147 e. The molecule has 1 heterocycles. The Balaban J connectivity index is 2.37. The number of hydrogen-bond donors (Lipinski definition) is 0. The predicted molar refractivity (Wildman–Crippen MR) is 52.2 cm³/mol. The van der Waals surface area contributed by atoms with Crippen LogP contribution >= 0.6 is 0 Å². The Kier molecular flexibility index (Phi) is 4.56. The van der Waals surface area contributed by atoms with Crippen molar-refractivity contribution < 1.29 is 4.74 Å². The van der Waals surface area contributed by atoms with E-state index in [1.165, 1.54) is 12.8 Å². The monoisotopic (exact) mass is 179 g/mol. The smallest absolute Gasteiger partial charge is 0.147 e. The van der Waals surface area contributed by atoms with Crippen LogP contribution in [0.4, 0.5) is 0 Å². The number of unbranched alkanes of at least 4 members (excludes halogenated alkanes) is 1. The second-order valence-corrected chi connectivity index (χ2v) is 3.46. The van der Waals surface area contributed by atoms with Gasteiger partial charge in [-0.15, -0.1) is 0 Å². The van der Waals surface area contributed by atoms with Crippen molar-refractivity contribution in [3.05, 3.63) is 12.2 Å². The predicted octanol–water partition coefficient (Wildman–Crippen LogP) is 2.80. The molecule has 2 unspecified atom stereocenters. The molecule has 72 valence electrons. The first kappa shape index (κ1) is 10.3. The molecule has 0 radical (unpaired) electrons. The van der Waals surface area contributed by atoms with Gasteiger partial charge in [-0.05, 0) is 12.8 Å². The SMILES string of the molecule is CCCCC1CC=CCC(C#N)O1. The Morgan fingerprint density at radius 2 is 2.23 bits per heavy atom. The summed E-state index contributed by atoms with van der Waals surface area (Å²) in [5.74, 6) is 0. The molecule has 0 aromatic rings. The van der Waals surface area contributed by atoms with E-state index in [9.17, 15) is 0 Å². The summed E-state index contributed by atoms with van der Waals surface area (Å²) in [6.45, 7) is 2.17. The highest BCUT2D eigenvalue weighted by Crippen LogP contribution is 2.17. The molecule has 2 heteroatoms. The molecule has 2 atom stereocenters.